The van der Waals surface area contributed by atoms with Crippen molar-refractivity contribution >= 4 is 46.0 Å². The molecule has 1 aromatic heterocycles. The lowest BCUT2D eigenvalue weighted by Crippen LogP contribution is -2.41. The molecule has 3 aromatic rings. The van der Waals surface area contributed by atoms with Gasteiger partial charge in [-0.2, -0.15) is 0 Å². The maximum atomic E-state index is 12.6. The average Bonchev–Trinajstić information content (AvgIpc) is 2.71. The Morgan fingerprint density at radius 3 is 2.47 bits per heavy atom. The van der Waals surface area contributed by atoms with Gasteiger partial charge in [-0.25, -0.2) is 14.4 Å². The van der Waals surface area contributed by atoms with Crippen LogP contribution in [-0.2, 0) is 9.53 Å². The Morgan fingerprint density at radius 2 is 1.80 bits per heavy atom. The average molecular weight is 432 g/mol. The van der Waals surface area contributed by atoms with E-state index in [1.54, 1.807) is 0 Å². The van der Waals surface area contributed by atoms with Crippen LogP contribution >= 0.6 is 11.6 Å². The minimum absolute atomic E-state index is 0.0419. The van der Waals surface area contributed by atoms with E-state index < -0.39 is 29.1 Å². The van der Waals surface area contributed by atoms with Gasteiger partial charge < -0.3 is 19.9 Å². The molecule has 0 fully saturated rings. The minimum Gasteiger partial charge on any atom is -0.465 e. The molecule has 0 spiro atoms. The quantitative estimate of drug-likeness (QED) is 0.595. The van der Waals surface area contributed by atoms with Gasteiger partial charge in [-0.3, -0.25) is 9.59 Å². The fourth-order valence-electron chi connectivity index (χ4n) is 2.63. The fourth-order valence-corrected chi connectivity index (χ4v) is 2.84. The normalized spacial score (nSPS) is 10.5. The molecule has 3 rings (SSSR count). The Labute approximate surface area is 172 Å². The first-order valence-corrected chi connectivity index (χ1v) is 8.76. The number of hydrogen-bond acceptors (Lipinski definition) is 7. The molecule has 2 aromatic carbocycles. The van der Waals surface area contributed by atoms with Crippen LogP contribution in [0.2, 0.25) is 5.02 Å². The Kier molecular flexibility index (Phi) is 5.70. The topological polar surface area (TPSA) is 137 Å². The molecule has 30 heavy (non-hydrogen) atoms. The first kappa shape index (κ1) is 20.8. The lowest BCUT2D eigenvalue weighted by Gasteiger charge is -2.10. The van der Waals surface area contributed by atoms with Gasteiger partial charge >= 0.3 is 17.6 Å². The van der Waals surface area contributed by atoms with Gasteiger partial charge in [0, 0.05) is 12.5 Å². The number of halogens is 1. The monoisotopic (exact) mass is 431 g/mol. The van der Waals surface area contributed by atoms with Crippen molar-refractivity contribution in [1.82, 2.24) is 9.71 Å². The zero-order valence-electron chi connectivity index (χ0n) is 15.6. The second-order valence-corrected chi connectivity index (χ2v) is 6.42. The highest BCUT2D eigenvalue weighted by atomic mass is 35.5. The van der Waals surface area contributed by atoms with E-state index >= 15 is 0 Å². The number of hydrogen-bond donors (Lipinski definition) is 2. The molecule has 0 atom stereocenters. The van der Waals surface area contributed by atoms with Gasteiger partial charge in [-0.15, -0.1) is 0 Å². The van der Waals surface area contributed by atoms with Gasteiger partial charge in [-0.1, -0.05) is 22.4 Å². The highest BCUT2D eigenvalue weighted by Gasteiger charge is 2.16. The molecule has 0 bridgehead atoms. The van der Waals surface area contributed by atoms with E-state index in [9.17, 15) is 24.0 Å². The number of nitrogens with one attached hydrogen (secondary N) is 2. The zero-order chi connectivity index (χ0) is 22.0. The predicted octanol–water partition coefficient (Wildman–Crippen LogP) is 1.36. The van der Waals surface area contributed by atoms with Crippen molar-refractivity contribution in [3.8, 4) is 0 Å². The highest BCUT2D eigenvalue weighted by Crippen LogP contribution is 2.26. The van der Waals surface area contributed by atoms with Crippen LogP contribution in [0, 0.1) is 0 Å². The van der Waals surface area contributed by atoms with E-state index in [4.69, 9.17) is 11.6 Å². The second kappa shape index (κ2) is 8.21. The number of esters is 1. The molecule has 0 aliphatic rings. The number of H-pyrrole nitrogens is 1. The molecule has 154 valence electrons. The number of carbonyl (C=O) groups excluding carboxylic acids is 3. The predicted molar refractivity (Wildman–Crippen MR) is 107 cm³/mol. The Morgan fingerprint density at radius 1 is 1.10 bits per heavy atom. The summed E-state index contributed by atoms with van der Waals surface area (Å²) in [6.45, 7) is 1.03. The molecular formula is C19H14ClN3O7. The number of fused-ring (bicyclic) bond motifs is 1. The summed E-state index contributed by atoms with van der Waals surface area (Å²) in [6.07, 6.45) is 0. The van der Waals surface area contributed by atoms with Crippen molar-refractivity contribution in [2.45, 2.75) is 6.92 Å². The molecule has 0 saturated carbocycles. The van der Waals surface area contributed by atoms with Crippen molar-refractivity contribution in [3.63, 3.8) is 0 Å². The molecule has 0 aliphatic carbocycles. The van der Waals surface area contributed by atoms with Crippen LogP contribution in [0.25, 0.3) is 10.9 Å². The van der Waals surface area contributed by atoms with E-state index in [1.807, 2.05) is 0 Å². The molecule has 1 heterocycles. The number of methoxy groups -OCH3 is 1. The summed E-state index contributed by atoms with van der Waals surface area (Å²) in [5.74, 6) is -2.08. The van der Waals surface area contributed by atoms with Gasteiger partial charge in [0.1, 0.15) is 0 Å². The molecule has 11 heteroatoms. The molecule has 0 unspecified atom stereocenters. The third kappa shape index (κ3) is 4.08. The summed E-state index contributed by atoms with van der Waals surface area (Å²) in [5.41, 5.74) is -1.40. The molecule has 1 amide bonds. The first-order chi connectivity index (χ1) is 14.2. The standard InChI is InChI=1S/C19H14ClN3O7/c1-9(24)30-23-17(26)12-7-15(13(20)8-14(12)22-19(23)28)21-16(25)10-4-3-5-11(6-10)18(27)29-2/h3-8H,1-2H3,(H,21,25)(H,22,28). The number of nitrogens with zero attached hydrogens (tertiary/aromatic N) is 1. The van der Waals surface area contributed by atoms with Crippen molar-refractivity contribution in [2.75, 3.05) is 12.4 Å². The lowest BCUT2D eigenvalue weighted by atomic mass is 10.1. The van der Waals surface area contributed by atoms with Crippen molar-refractivity contribution < 1.29 is 24.0 Å². The number of ether oxygens (including phenoxy) is 1. The Hall–Kier alpha value is -3.92. The van der Waals surface area contributed by atoms with Crippen LogP contribution < -0.4 is 21.4 Å². The molecular weight excluding hydrogens is 418 g/mol. The van der Waals surface area contributed by atoms with Crippen LogP contribution in [0.4, 0.5) is 5.69 Å². The number of carbonyl (C=O) groups is 3. The third-order valence-electron chi connectivity index (χ3n) is 3.96. The second-order valence-electron chi connectivity index (χ2n) is 6.02. The summed E-state index contributed by atoms with van der Waals surface area (Å²) in [5, 5.41) is 2.52. The SMILES string of the molecule is COC(=O)c1cccc(C(=O)Nc2cc3c(=O)n(OC(C)=O)c(=O)[nH]c3cc2Cl)c1. The number of aromatic nitrogens is 2. The molecule has 2 N–H and O–H groups in total. The van der Waals surface area contributed by atoms with Crippen molar-refractivity contribution in [3.05, 3.63) is 73.4 Å². The van der Waals surface area contributed by atoms with Crippen molar-refractivity contribution in [1.29, 1.82) is 0 Å². The smallest absolute Gasteiger partial charge is 0.363 e. The van der Waals surface area contributed by atoms with Crippen LogP contribution in [0.15, 0.2) is 46.0 Å². The number of aromatic amines is 1. The van der Waals surface area contributed by atoms with Gasteiger partial charge in [0.05, 0.1) is 34.3 Å². The molecule has 0 radical (unpaired) electrons. The van der Waals surface area contributed by atoms with E-state index in [-0.39, 0.29) is 37.5 Å². The Balaban J connectivity index is 2.02. The van der Waals surface area contributed by atoms with Gasteiger partial charge in [0.25, 0.3) is 11.5 Å². The fraction of sp³-hybridized carbons (Fsp3) is 0.105. The van der Waals surface area contributed by atoms with Crippen LogP contribution in [0.3, 0.4) is 0 Å². The number of benzene rings is 2. The minimum atomic E-state index is -0.963. The van der Waals surface area contributed by atoms with Gasteiger partial charge in [0.15, 0.2) is 0 Å². The molecule has 0 aliphatic heterocycles. The molecule has 10 nitrogen and oxygen atoms in total. The maximum absolute atomic E-state index is 12.6. The summed E-state index contributed by atoms with van der Waals surface area (Å²) in [7, 11) is 1.22. The molecule has 0 saturated heterocycles. The Bertz CT molecular complexity index is 1310. The van der Waals surface area contributed by atoms with E-state index in [1.165, 1.54) is 43.5 Å². The van der Waals surface area contributed by atoms with E-state index in [2.05, 4.69) is 19.9 Å². The van der Waals surface area contributed by atoms with Crippen LogP contribution in [-0.4, -0.2) is 34.7 Å². The van der Waals surface area contributed by atoms with Crippen LogP contribution in [0.5, 0.6) is 0 Å². The number of anilines is 1. The van der Waals surface area contributed by atoms with Gasteiger partial charge in [0.2, 0.25) is 0 Å². The lowest BCUT2D eigenvalue weighted by molar-refractivity contribution is -0.142. The first-order valence-electron chi connectivity index (χ1n) is 8.38. The van der Waals surface area contributed by atoms with E-state index in [0.717, 1.165) is 6.92 Å². The maximum Gasteiger partial charge on any atom is 0.363 e. The largest absolute Gasteiger partial charge is 0.465 e. The number of amides is 1. The van der Waals surface area contributed by atoms with Crippen molar-refractivity contribution in [2.24, 2.45) is 0 Å². The summed E-state index contributed by atoms with van der Waals surface area (Å²) >= 11 is 6.16. The summed E-state index contributed by atoms with van der Waals surface area (Å²) in [4.78, 5) is 66.8. The van der Waals surface area contributed by atoms with Gasteiger partial charge in [-0.05, 0) is 30.3 Å². The third-order valence-corrected chi connectivity index (χ3v) is 4.27. The van der Waals surface area contributed by atoms with E-state index in [0.29, 0.717) is 0 Å². The summed E-state index contributed by atoms with van der Waals surface area (Å²) in [6, 6.07) is 8.31. The summed E-state index contributed by atoms with van der Waals surface area (Å²) < 4.78 is 4.89. The van der Waals surface area contributed by atoms with Crippen LogP contribution in [0.1, 0.15) is 27.6 Å². The highest BCUT2D eigenvalue weighted by molar-refractivity contribution is 6.34. The number of rotatable bonds is 4. The zero-order valence-corrected chi connectivity index (χ0v) is 16.4.